The second-order valence-corrected chi connectivity index (χ2v) is 5.06. The van der Waals surface area contributed by atoms with Gasteiger partial charge in [-0.05, 0) is 18.6 Å². The molecule has 2 fully saturated rings. The summed E-state index contributed by atoms with van der Waals surface area (Å²) < 4.78 is 10.9. The third kappa shape index (κ3) is 1.93. The molecule has 0 radical (unpaired) electrons. The standard InChI is InChI=1S/C14H17N3O2/c1-18-9-3-2-8(7-15)11(6-9)17-13-12(16)10-4-5-19-14(10)13/h2-3,6,10,12-14,17H,4-5,16H2,1H3. The van der Waals surface area contributed by atoms with Crippen LogP contribution in [0.5, 0.6) is 5.75 Å². The van der Waals surface area contributed by atoms with Crippen LogP contribution in [-0.2, 0) is 4.74 Å². The van der Waals surface area contributed by atoms with Gasteiger partial charge < -0.3 is 20.5 Å². The molecule has 1 aromatic rings. The Bertz CT molecular complexity index is 526. The van der Waals surface area contributed by atoms with Crippen LogP contribution in [0.15, 0.2) is 18.2 Å². The van der Waals surface area contributed by atoms with E-state index in [2.05, 4.69) is 11.4 Å². The number of nitriles is 1. The van der Waals surface area contributed by atoms with E-state index in [-0.39, 0.29) is 18.2 Å². The van der Waals surface area contributed by atoms with Crippen LogP contribution in [0.1, 0.15) is 12.0 Å². The Balaban J connectivity index is 1.81. The third-order valence-electron chi connectivity index (χ3n) is 4.12. The van der Waals surface area contributed by atoms with Crippen molar-refractivity contribution in [2.24, 2.45) is 11.7 Å². The first-order valence-corrected chi connectivity index (χ1v) is 6.46. The Morgan fingerprint density at radius 3 is 3.11 bits per heavy atom. The molecule has 0 spiro atoms. The maximum atomic E-state index is 9.15. The molecule has 19 heavy (non-hydrogen) atoms. The van der Waals surface area contributed by atoms with Crippen molar-refractivity contribution in [2.75, 3.05) is 19.0 Å². The van der Waals surface area contributed by atoms with Crippen LogP contribution >= 0.6 is 0 Å². The summed E-state index contributed by atoms with van der Waals surface area (Å²) in [4.78, 5) is 0. The van der Waals surface area contributed by atoms with E-state index in [0.717, 1.165) is 24.5 Å². The van der Waals surface area contributed by atoms with Gasteiger partial charge in [0, 0.05) is 24.6 Å². The van der Waals surface area contributed by atoms with Gasteiger partial charge in [-0.3, -0.25) is 0 Å². The van der Waals surface area contributed by atoms with E-state index in [1.165, 1.54) is 0 Å². The van der Waals surface area contributed by atoms with E-state index in [1.54, 1.807) is 19.2 Å². The number of ether oxygens (including phenoxy) is 2. The fraction of sp³-hybridized carbons (Fsp3) is 0.500. The van der Waals surface area contributed by atoms with E-state index >= 15 is 0 Å². The molecule has 0 amide bonds. The number of nitrogens with one attached hydrogen (secondary N) is 1. The number of nitrogens with zero attached hydrogens (tertiary/aromatic N) is 1. The first-order chi connectivity index (χ1) is 9.24. The highest BCUT2D eigenvalue weighted by Crippen LogP contribution is 2.40. The highest BCUT2D eigenvalue weighted by molar-refractivity contribution is 5.61. The van der Waals surface area contributed by atoms with Crippen molar-refractivity contribution in [1.82, 2.24) is 0 Å². The molecule has 1 saturated heterocycles. The van der Waals surface area contributed by atoms with Crippen LogP contribution in [0.25, 0.3) is 0 Å². The Morgan fingerprint density at radius 1 is 1.53 bits per heavy atom. The van der Waals surface area contributed by atoms with E-state index < -0.39 is 0 Å². The minimum absolute atomic E-state index is 0.0757. The molecule has 4 unspecified atom stereocenters. The normalized spacial score (nSPS) is 32.1. The average molecular weight is 259 g/mol. The topological polar surface area (TPSA) is 80.3 Å². The zero-order valence-electron chi connectivity index (χ0n) is 10.8. The fourth-order valence-electron chi connectivity index (χ4n) is 2.97. The van der Waals surface area contributed by atoms with Crippen LogP contribution in [0.4, 0.5) is 5.69 Å². The van der Waals surface area contributed by atoms with Crippen molar-refractivity contribution >= 4 is 5.69 Å². The van der Waals surface area contributed by atoms with Crippen molar-refractivity contribution in [1.29, 1.82) is 5.26 Å². The molecule has 1 heterocycles. The molecule has 5 heteroatoms. The van der Waals surface area contributed by atoms with Crippen molar-refractivity contribution < 1.29 is 9.47 Å². The number of hydrogen-bond donors (Lipinski definition) is 2. The lowest BCUT2D eigenvalue weighted by Crippen LogP contribution is -2.65. The average Bonchev–Trinajstić information content (AvgIpc) is 2.89. The minimum atomic E-state index is 0.0757. The number of benzene rings is 1. The molecule has 0 bridgehead atoms. The minimum Gasteiger partial charge on any atom is -0.497 e. The molecule has 1 saturated carbocycles. The predicted molar refractivity (Wildman–Crippen MR) is 70.9 cm³/mol. The number of fused-ring (bicyclic) bond motifs is 1. The summed E-state index contributed by atoms with van der Waals surface area (Å²) >= 11 is 0. The SMILES string of the molecule is COc1ccc(C#N)c(NC2C(N)C3CCOC32)c1. The lowest BCUT2D eigenvalue weighted by atomic mass is 9.72. The maximum Gasteiger partial charge on any atom is 0.121 e. The number of rotatable bonds is 3. The summed E-state index contributed by atoms with van der Waals surface area (Å²) in [6.07, 6.45) is 1.21. The predicted octanol–water partition coefficient (Wildman–Crippen LogP) is 1.09. The van der Waals surface area contributed by atoms with Gasteiger partial charge in [-0.25, -0.2) is 0 Å². The Morgan fingerprint density at radius 2 is 2.37 bits per heavy atom. The first kappa shape index (κ1) is 12.3. The third-order valence-corrected chi connectivity index (χ3v) is 4.12. The molecule has 100 valence electrons. The quantitative estimate of drug-likeness (QED) is 0.849. The monoisotopic (exact) mass is 259 g/mol. The van der Waals surface area contributed by atoms with E-state index in [9.17, 15) is 0 Å². The van der Waals surface area contributed by atoms with Gasteiger partial charge in [0.2, 0.25) is 0 Å². The van der Waals surface area contributed by atoms with Gasteiger partial charge in [-0.15, -0.1) is 0 Å². The number of anilines is 1. The summed E-state index contributed by atoms with van der Waals surface area (Å²) in [5, 5.41) is 12.5. The Labute approximate surface area is 112 Å². The summed E-state index contributed by atoms with van der Waals surface area (Å²) in [6, 6.07) is 7.69. The van der Waals surface area contributed by atoms with Crippen molar-refractivity contribution in [2.45, 2.75) is 24.6 Å². The van der Waals surface area contributed by atoms with Crippen LogP contribution < -0.4 is 15.8 Å². The second kappa shape index (κ2) is 4.72. The molecular formula is C14H17N3O2. The maximum absolute atomic E-state index is 9.15. The van der Waals surface area contributed by atoms with Gasteiger partial charge in [-0.1, -0.05) is 0 Å². The lowest BCUT2D eigenvalue weighted by molar-refractivity contribution is 0.00536. The highest BCUT2D eigenvalue weighted by atomic mass is 16.5. The largest absolute Gasteiger partial charge is 0.497 e. The smallest absolute Gasteiger partial charge is 0.121 e. The van der Waals surface area contributed by atoms with Gasteiger partial charge in [0.05, 0.1) is 30.5 Å². The molecule has 0 aromatic heterocycles. The number of hydrogen-bond acceptors (Lipinski definition) is 5. The van der Waals surface area contributed by atoms with Gasteiger partial charge in [0.15, 0.2) is 0 Å². The van der Waals surface area contributed by atoms with Gasteiger partial charge in [0.25, 0.3) is 0 Å². The highest BCUT2D eigenvalue weighted by Gasteiger charge is 2.52. The van der Waals surface area contributed by atoms with Crippen LogP contribution in [0.3, 0.4) is 0 Å². The molecule has 1 aromatic carbocycles. The van der Waals surface area contributed by atoms with Crippen molar-refractivity contribution in [3.8, 4) is 11.8 Å². The fourth-order valence-corrected chi connectivity index (χ4v) is 2.97. The second-order valence-electron chi connectivity index (χ2n) is 5.06. The van der Waals surface area contributed by atoms with E-state index in [4.69, 9.17) is 20.5 Å². The van der Waals surface area contributed by atoms with Gasteiger partial charge in [0.1, 0.15) is 11.8 Å². The summed E-state index contributed by atoms with van der Waals surface area (Å²) in [5.74, 6) is 1.17. The van der Waals surface area contributed by atoms with Crippen LogP contribution in [0, 0.1) is 17.2 Å². The number of nitrogens with two attached hydrogens (primary N) is 1. The molecule has 1 aliphatic heterocycles. The summed E-state index contributed by atoms with van der Waals surface area (Å²) in [5.41, 5.74) is 7.51. The molecule has 4 atom stereocenters. The Kier molecular flexibility index (Phi) is 3.05. The Hall–Kier alpha value is -1.77. The van der Waals surface area contributed by atoms with Gasteiger partial charge in [-0.2, -0.15) is 5.26 Å². The lowest BCUT2D eigenvalue weighted by Gasteiger charge is -2.46. The first-order valence-electron chi connectivity index (χ1n) is 6.46. The van der Waals surface area contributed by atoms with Crippen LogP contribution in [0.2, 0.25) is 0 Å². The molecule has 3 rings (SSSR count). The molecule has 1 aliphatic carbocycles. The van der Waals surface area contributed by atoms with E-state index in [1.807, 2.05) is 6.07 Å². The van der Waals surface area contributed by atoms with Crippen LogP contribution in [-0.4, -0.2) is 31.9 Å². The van der Waals surface area contributed by atoms with Crippen molar-refractivity contribution in [3.05, 3.63) is 23.8 Å². The zero-order chi connectivity index (χ0) is 13.4. The molecule has 3 N–H and O–H groups in total. The van der Waals surface area contributed by atoms with Gasteiger partial charge >= 0.3 is 0 Å². The molecule has 5 nitrogen and oxygen atoms in total. The summed E-state index contributed by atoms with van der Waals surface area (Å²) in [6.45, 7) is 0.782. The number of methoxy groups -OCH3 is 1. The molecular weight excluding hydrogens is 242 g/mol. The molecule has 2 aliphatic rings. The zero-order valence-corrected chi connectivity index (χ0v) is 10.8. The van der Waals surface area contributed by atoms with E-state index in [0.29, 0.717) is 11.5 Å². The van der Waals surface area contributed by atoms with Crippen molar-refractivity contribution in [3.63, 3.8) is 0 Å². The summed E-state index contributed by atoms with van der Waals surface area (Å²) in [7, 11) is 1.61.